The number of likely N-dealkylation sites (N-methyl/N-ethyl adjacent to an activating group) is 1. The molecular weight excluding hydrogens is 298 g/mol. The number of aromatic amines is 1. The summed E-state index contributed by atoms with van der Waals surface area (Å²) in [4.78, 5) is 32.9. The van der Waals surface area contributed by atoms with Crippen LogP contribution in [0.2, 0.25) is 0 Å². The van der Waals surface area contributed by atoms with Gasteiger partial charge in [-0.15, -0.1) is 0 Å². The molecule has 7 heteroatoms. The zero-order valence-electron chi connectivity index (χ0n) is 13.4. The molecule has 1 aromatic carbocycles. The standard InChI is InChI=1S/C16H21N3O4/c1-3-19(15(20)11-23-9-8-22-2)10-14-17-13-7-5-4-6-12(13)16(21)18-14/h4-7H,3,8-11H2,1-2H3,(H,17,18,21). The average Bonchev–Trinajstić information content (AvgIpc) is 2.56. The Morgan fingerprint density at radius 1 is 1.30 bits per heavy atom. The summed E-state index contributed by atoms with van der Waals surface area (Å²) in [5.74, 6) is 0.306. The van der Waals surface area contributed by atoms with Crippen molar-refractivity contribution in [1.29, 1.82) is 0 Å². The number of methoxy groups -OCH3 is 1. The first-order valence-electron chi connectivity index (χ1n) is 7.48. The van der Waals surface area contributed by atoms with E-state index < -0.39 is 0 Å². The quantitative estimate of drug-likeness (QED) is 0.732. The van der Waals surface area contributed by atoms with Crippen molar-refractivity contribution < 1.29 is 14.3 Å². The van der Waals surface area contributed by atoms with Crippen LogP contribution in [0.1, 0.15) is 12.7 Å². The third kappa shape index (κ3) is 4.61. The van der Waals surface area contributed by atoms with Crippen molar-refractivity contribution in [2.75, 3.05) is 33.5 Å². The van der Waals surface area contributed by atoms with Crippen LogP contribution < -0.4 is 5.56 Å². The van der Waals surface area contributed by atoms with E-state index >= 15 is 0 Å². The Morgan fingerprint density at radius 2 is 2.09 bits per heavy atom. The molecule has 124 valence electrons. The van der Waals surface area contributed by atoms with Crippen molar-refractivity contribution in [3.63, 3.8) is 0 Å². The van der Waals surface area contributed by atoms with Gasteiger partial charge in [-0.05, 0) is 19.1 Å². The number of carbonyl (C=O) groups is 1. The number of amides is 1. The number of ether oxygens (including phenoxy) is 2. The monoisotopic (exact) mass is 319 g/mol. The summed E-state index contributed by atoms with van der Waals surface area (Å²) >= 11 is 0. The Labute approximate surface area is 134 Å². The van der Waals surface area contributed by atoms with E-state index in [9.17, 15) is 9.59 Å². The van der Waals surface area contributed by atoms with E-state index in [-0.39, 0.29) is 24.6 Å². The number of aromatic nitrogens is 2. The summed E-state index contributed by atoms with van der Waals surface area (Å²) < 4.78 is 10.1. The molecule has 0 unspecified atom stereocenters. The lowest BCUT2D eigenvalue weighted by atomic mass is 10.2. The van der Waals surface area contributed by atoms with Crippen molar-refractivity contribution in [3.05, 3.63) is 40.4 Å². The van der Waals surface area contributed by atoms with E-state index in [1.165, 1.54) is 0 Å². The topological polar surface area (TPSA) is 84.5 Å². The van der Waals surface area contributed by atoms with Gasteiger partial charge in [-0.3, -0.25) is 9.59 Å². The van der Waals surface area contributed by atoms with Crippen molar-refractivity contribution in [2.24, 2.45) is 0 Å². The molecule has 0 atom stereocenters. The summed E-state index contributed by atoms with van der Waals surface area (Å²) in [6.07, 6.45) is 0. The van der Waals surface area contributed by atoms with Gasteiger partial charge in [0.15, 0.2) is 0 Å². The first-order chi connectivity index (χ1) is 11.2. The molecule has 1 aromatic heterocycles. The fourth-order valence-electron chi connectivity index (χ4n) is 2.16. The highest BCUT2D eigenvalue weighted by Crippen LogP contribution is 2.07. The van der Waals surface area contributed by atoms with Crippen LogP contribution >= 0.6 is 0 Å². The Morgan fingerprint density at radius 3 is 2.83 bits per heavy atom. The fraction of sp³-hybridized carbons (Fsp3) is 0.438. The lowest BCUT2D eigenvalue weighted by Crippen LogP contribution is -2.34. The molecule has 0 aliphatic rings. The van der Waals surface area contributed by atoms with E-state index in [4.69, 9.17) is 9.47 Å². The normalized spacial score (nSPS) is 10.9. The van der Waals surface area contributed by atoms with Crippen LogP contribution in [0, 0.1) is 0 Å². The number of nitrogens with one attached hydrogen (secondary N) is 1. The molecule has 0 fully saturated rings. The van der Waals surface area contributed by atoms with Gasteiger partial charge in [0, 0.05) is 13.7 Å². The van der Waals surface area contributed by atoms with Crippen LogP contribution in [0.4, 0.5) is 0 Å². The van der Waals surface area contributed by atoms with E-state index in [1.54, 1.807) is 30.2 Å². The second-order valence-electron chi connectivity index (χ2n) is 4.98. The molecule has 0 radical (unpaired) electrons. The third-order valence-electron chi connectivity index (χ3n) is 3.39. The molecule has 0 bridgehead atoms. The van der Waals surface area contributed by atoms with Crippen LogP contribution in [0.5, 0.6) is 0 Å². The molecule has 7 nitrogen and oxygen atoms in total. The zero-order chi connectivity index (χ0) is 16.7. The summed E-state index contributed by atoms with van der Waals surface area (Å²) in [5.41, 5.74) is 0.413. The number of nitrogens with zero attached hydrogens (tertiary/aromatic N) is 2. The number of hydrogen-bond donors (Lipinski definition) is 1. The van der Waals surface area contributed by atoms with Gasteiger partial charge in [0.05, 0.1) is 30.7 Å². The third-order valence-corrected chi connectivity index (χ3v) is 3.39. The maximum absolute atomic E-state index is 12.1. The number of rotatable bonds is 8. The predicted molar refractivity (Wildman–Crippen MR) is 86.1 cm³/mol. The van der Waals surface area contributed by atoms with E-state index in [1.807, 2.05) is 13.0 Å². The van der Waals surface area contributed by atoms with Crippen LogP contribution in [0.25, 0.3) is 10.9 Å². The molecule has 0 aliphatic heterocycles. The average molecular weight is 319 g/mol. The van der Waals surface area contributed by atoms with Crippen molar-refractivity contribution >= 4 is 16.8 Å². The molecule has 1 N–H and O–H groups in total. The van der Waals surface area contributed by atoms with Crippen molar-refractivity contribution in [2.45, 2.75) is 13.5 Å². The second-order valence-corrected chi connectivity index (χ2v) is 4.98. The highest BCUT2D eigenvalue weighted by atomic mass is 16.5. The first kappa shape index (κ1) is 17.1. The second kappa shape index (κ2) is 8.40. The van der Waals surface area contributed by atoms with Crippen LogP contribution in [-0.4, -0.2) is 54.3 Å². The number of carbonyl (C=O) groups excluding carboxylic acids is 1. The molecule has 0 aliphatic carbocycles. The maximum Gasteiger partial charge on any atom is 0.258 e. The SMILES string of the molecule is CCN(Cc1nc2ccccc2c(=O)[nH]1)C(=O)COCCOC. The summed E-state index contributed by atoms with van der Waals surface area (Å²) in [6, 6.07) is 7.11. The highest BCUT2D eigenvalue weighted by Gasteiger charge is 2.14. The van der Waals surface area contributed by atoms with E-state index in [0.29, 0.717) is 36.5 Å². The minimum Gasteiger partial charge on any atom is -0.382 e. The molecule has 0 saturated carbocycles. The largest absolute Gasteiger partial charge is 0.382 e. The number of hydrogen-bond acceptors (Lipinski definition) is 5. The number of fused-ring (bicyclic) bond motifs is 1. The van der Waals surface area contributed by atoms with Gasteiger partial charge in [-0.1, -0.05) is 12.1 Å². The number of para-hydroxylation sites is 1. The molecular formula is C16H21N3O4. The Bertz CT molecular complexity index is 714. The van der Waals surface area contributed by atoms with Crippen molar-refractivity contribution in [1.82, 2.24) is 14.9 Å². The summed E-state index contributed by atoms with van der Waals surface area (Å²) in [5, 5.41) is 0.536. The minimum absolute atomic E-state index is 0.0188. The minimum atomic E-state index is -0.203. The van der Waals surface area contributed by atoms with Gasteiger partial charge in [0.1, 0.15) is 12.4 Å². The lowest BCUT2D eigenvalue weighted by molar-refractivity contribution is -0.137. The Kier molecular flexibility index (Phi) is 6.25. The van der Waals surface area contributed by atoms with Gasteiger partial charge >= 0.3 is 0 Å². The van der Waals surface area contributed by atoms with E-state index in [2.05, 4.69) is 9.97 Å². The predicted octanol–water partition coefficient (Wildman–Crippen LogP) is 0.935. The Hall–Kier alpha value is -2.25. The van der Waals surface area contributed by atoms with Crippen LogP contribution in [0.3, 0.4) is 0 Å². The highest BCUT2D eigenvalue weighted by molar-refractivity contribution is 5.78. The zero-order valence-corrected chi connectivity index (χ0v) is 13.4. The molecule has 0 saturated heterocycles. The summed E-state index contributed by atoms with van der Waals surface area (Å²) in [7, 11) is 1.57. The molecule has 2 rings (SSSR count). The van der Waals surface area contributed by atoms with Gasteiger partial charge in [-0.25, -0.2) is 4.98 Å². The van der Waals surface area contributed by atoms with Crippen molar-refractivity contribution in [3.8, 4) is 0 Å². The number of H-pyrrole nitrogens is 1. The van der Waals surface area contributed by atoms with Gasteiger partial charge in [-0.2, -0.15) is 0 Å². The van der Waals surface area contributed by atoms with Gasteiger partial charge < -0.3 is 19.4 Å². The smallest absolute Gasteiger partial charge is 0.258 e. The molecule has 0 spiro atoms. The maximum atomic E-state index is 12.1. The molecule has 1 heterocycles. The van der Waals surface area contributed by atoms with Crippen LogP contribution in [0.15, 0.2) is 29.1 Å². The number of benzene rings is 1. The van der Waals surface area contributed by atoms with Crippen LogP contribution in [-0.2, 0) is 20.8 Å². The molecule has 2 aromatic rings. The lowest BCUT2D eigenvalue weighted by Gasteiger charge is -2.20. The van der Waals surface area contributed by atoms with Gasteiger partial charge in [0.25, 0.3) is 5.56 Å². The summed E-state index contributed by atoms with van der Waals surface area (Å²) in [6.45, 7) is 3.40. The van der Waals surface area contributed by atoms with Gasteiger partial charge in [0.2, 0.25) is 5.91 Å². The fourth-order valence-corrected chi connectivity index (χ4v) is 2.16. The Balaban J connectivity index is 2.06. The van der Waals surface area contributed by atoms with E-state index in [0.717, 1.165) is 0 Å². The molecule has 23 heavy (non-hydrogen) atoms. The molecule has 1 amide bonds. The first-order valence-corrected chi connectivity index (χ1v) is 7.48.